The first kappa shape index (κ1) is 17.2. The Balaban J connectivity index is 2.41. The third kappa shape index (κ3) is 5.99. The lowest BCUT2D eigenvalue weighted by Gasteiger charge is -2.21. The number of hydrogen-bond donors (Lipinski definition) is 4. The van der Waals surface area contributed by atoms with Gasteiger partial charge in [0, 0.05) is 13.5 Å². The molecule has 1 saturated carbocycles. The zero-order valence-corrected chi connectivity index (χ0v) is 12.0. The number of ether oxygens (including phenoxy) is 1. The highest BCUT2D eigenvalue weighted by molar-refractivity contribution is 5.82. The smallest absolute Gasteiger partial charge is 0.326 e. The van der Waals surface area contributed by atoms with Crippen molar-refractivity contribution in [3.8, 4) is 0 Å². The van der Waals surface area contributed by atoms with Gasteiger partial charge < -0.3 is 25.6 Å². The highest BCUT2D eigenvalue weighted by atomic mass is 16.5. The van der Waals surface area contributed by atoms with Crippen molar-refractivity contribution in [3.63, 3.8) is 0 Å². The summed E-state index contributed by atoms with van der Waals surface area (Å²) in [7, 11) is 1.58. The molecule has 21 heavy (non-hydrogen) atoms. The van der Waals surface area contributed by atoms with Gasteiger partial charge >= 0.3 is 18.0 Å². The molecule has 1 rings (SSSR count). The molecule has 1 aliphatic carbocycles. The number of urea groups is 1. The SMILES string of the molecule is COC1CCCC1NC(=O)N[C@H](CCCC(=O)O)C(=O)O. The standard InChI is InChI=1S/C13H22N2O6/c1-21-10-6-2-4-8(10)14-13(20)15-9(12(18)19)5-3-7-11(16)17/h8-10H,2-7H2,1H3,(H,16,17)(H,18,19)(H2,14,15,20)/t8?,9-,10?/m1/s1. The Kier molecular flexibility index (Phi) is 6.93. The number of carbonyl (C=O) groups excluding carboxylic acids is 1. The molecule has 0 spiro atoms. The monoisotopic (exact) mass is 302 g/mol. The highest BCUT2D eigenvalue weighted by Crippen LogP contribution is 2.21. The van der Waals surface area contributed by atoms with E-state index in [-0.39, 0.29) is 31.4 Å². The van der Waals surface area contributed by atoms with Gasteiger partial charge in [-0.2, -0.15) is 0 Å². The van der Waals surface area contributed by atoms with Gasteiger partial charge in [0.05, 0.1) is 12.1 Å². The third-order valence-electron chi connectivity index (χ3n) is 3.56. The van der Waals surface area contributed by atoms with Gasteiger partial charge in [-0.05, 0) is 32.1 Å². The van der Waals surface area contributed by atoms with E-state index in [9.17, 15) is 14.4 Å². The average Bonchev–Trinajstić information content (AvgIpc) is 2.84. The fourth-order valence-electron chi connectivity index (χ4n) is 2.46. The molecule has 2 unspecified atom stereocenters. The lowest BCUT2D eigenvalue weighted by Crippen LogP contribution is -2.51. The Labute approximate surface area is 122 Å². The summed E-state index contributed by atoms with van der Waals surface area (Å²) in [5, 5.41) is 22.6. The maximum atomic E-state index is 11.8. The molecule has 1 aliphatic rings. The Morgan fingerprint density at radius 3 is 2.57 bits per heavy atom. The lowest BCUT2D eigenvalue weighted by atomic mass is 10.1. The second kappa shape index (κ2) is 8.46. The van der Waals surface area contributed by atoms with Crippen molar-refractivity contribution in [1.82, 2.24) is 10.6 Å². The van der Waals surface area contributed by atoms with Crippen LogP contribution in [0.1, 0.15) is 38.5 Å². The van der Waals surface area contributed by atoms with Crippen LogP contribution in [0.4, 0.5) is 4.79 Å². The van der Waals surface area contributed by atoms with E-state index in [1.165, 1.54) is 0 Å². The zero-order valence-electron chi connectivity index (χ0n) is 12.0. The van der Waals surface area contributed by atoms with Crippen LogP contribution >= 0.6 is 0 Å². The minimum absolute atomic E-state index is 0.0500. The molecule has 0 bridgehead atoms. The lowest BCUT2D eigenvalue weighted by molar-refractivity contribution is -0.140. The van der Waals surface area contributed by atoms with Crippen LogP contribution in [-0.2, 0) is 14.3 Å². The summed E-state index contributed by atoms with van der Waals surface area (Å²) in [4.78, 5) is 33.3. The number of aliphatic carboxylic acids is 2. The predicted octanol–water partition coefficient (Wildman–Crippen LogP) is 0.561. The maximum Gasteiger partial charge on any atom is 0.326 e. The van der Waals surface area contributed by atoms with Crippen LogP contribution in [0.15, 0.2) is 0 Å². The van der Waals surface area contributed by atoms with E-state index in [1.54, 1.807) is 7.11 Å². The molecule has 0 aromatic carbocycles. The van der Waals surface area contributed by atoms with Crippen LogP contribution in [0.25, 0.3) is 0 Å². The van der Waals surface area contributed by atoms with E-state index in [1.807, 2.05) is 0 Å². The number of carboxylic acid groups (broad SMARTS) is 2. The van der Waals surface area contributed by atoms with Crippen LogP contribution in [0.2, 0.25) is 0 Å². The van der Waals surface area contributed by atoms with Gasteiger partial charge in [0.2, 0.25) is 0 Å². The molecule has 0 heterocycles. The number of nitrogens with one attached hydrogen (secondary N) is 2. The summed E-state index contributed by atoms with van der Waals surface area (Å²) in [6, 6.07) is -1.78. The van der Waals surface area contributed by atoms with Crippen molar-refractivity contribution in [3.05, 3.63) is 0 Å². The van der Waals surface area contributed by atoms with Crippen LogP contribution in [0.5, 0.6) is 0 Å². The first-order chi connectivity index (χ1) is 9.93. The predicted molar refractivity (Wildman–Crippen MR) is 73.0 cm³/mol. The first-order valence-corrected chi connectivity index (χ1v) is 6.98. The van der Waals surface area contributed by atoms with Gasteiger partial charge in [-0.25, -0.2) is 9.59 Å². The summed E-state index contributed by atoms with van der Waals surface area (Å²) in [5.74, 6) is -2.16. The Morgan fingerprint density at radius 2 is 2.00 bits per heavy atom. The van der Waals surface area contributed by atoms with Crippen molar-refractivity contribution in [1.29, 1.82) is 0 Å². The van der Waals surface area contributed by atoms with Crippen LogP contribution in [-0.4, -0.2) is 53.5 Å². The van der Waals surface area contributed by atoms with E-state index in [0.29, 0.717) is 0 Å². The van der Waals surface area contributed by atoms with Crippen LogP contribution < -0.4 is 10.6 Å². The van der Waals surface area contributed by atoms with E-state index in [2.05, 4.69) is 10.6 Å². The topological polar surface area (TPSA) is 125 Å². The molecular weight excluding hydrogens is 280 g/mol. The zero-order chi connectivity index (χ0) is 15.8. The average molecular weight is 302 g/mol. The second-order valence-corrected chi connectivity index (χ2v) is 5.11. The highest BCUT2D eigenvalue weighted by Gasteiger charge is 2.29. The molecule has 2 amide bonds. The number of rotatable bonds is 8. The van der Waals surface area contributed by atoms with Gasteiger partial charge in [-0.1, -0.05) is 0 Å². The minimum Gasteiger partial charge on any atom is -0.481 e. The van der Waals surface area contributed by atoms with Crippen molar-refractivity contribution < 1.29 is 29.3 Å². The van der Waals surface area contributed by atoms with Crippen LogP contribution in [0, 0.1) is 0 Å². The second-order valence-electron chi connectivity index (χ2n) is 5.11. The Hall–Kier alpha value is -1.83. The summed E-state index contributed by atoms with van der Waals surface area (Å²) in [6.07, 6.45) is 2.70. The number of methoxy groups -OCH3 is 1. The van der Waals surface area contributed by atoms with E-state index in [4.69, 9.17) is 14.9 Å². The van der Waals surface area contributed by atoms with E-state index < -0.39 is 24.0 Å². The summed E-state index contributed by atoms with van der Waals surface area (Å²) in [6.45, 7) is 0. The van der Waals surface area contributed by atoms with E-state index in [0.717, 1.165) is 19.3 Å². The van der Waals surface area contributed by atoms with Crippen LogP contribution in [0.3, 0.4) is 0 Å². The molecule has 3 atom stereocenters. The molecular formula is C13H22N2O6. The third-order valence-corrected chi connectivity index (χ3v) is 3.56. The van der Waals surface area contributed by atoms with Gasteiger partial charge in [0.15, 0.2) is 0 Å². The largest absolute Gasteiger partial charge is 0.481 e. The van der Waals surface area contributed by atoms with Gasteiger partial charge in [-0.15, -0.1) is 0 Å². The van der Waals surface area contributed by atoms with E-state index >= 15 is 0 Å². The molecule has 120 valence electrons. The quantitative estimate of drug-likeness (QED) is 0.519. The number of carboxylic acids is 2. The summed E-state index contributed by atoms with van der Waals surface area (Å²) >= 11 is 0. The molecule has 8 heteroatoms. The summed E-state index contributed by atoms with van der Waals surface area (Å²) in [5.41, 5.74) is 0. The first-order valence-electron chi connectivity index (χ1n) is 6.98. The van der Waals surface area contributed by atoms with Gasteiger partial charge in [0.1, 0.15) is 6.04 Å². The van der Waals surface area contributed by atoms with Gasteiger partial charge in [0.25, 0.3) is 0 Å². The molecule has 0 radical (unpaired) electrons. The number of amides is 2. The number of carbonyl (C=O) groups is 3. The molecule has 0 aliphatic heterocycles. The maximum absolute atomic E-state index is 11.8. The summed E-state index contributed by atoms with van der Waals surface area (Å²) < 4.78 is 5.24. The molecule has 0 saturated heterocycles. The normalized spacial score (nSPS) is 22.5. The van der Waals surface area contributed by atoms with Crippen molar-refractivity contribution in [2.45, 2.75) is 56.7 Å². The van der Waals surface area contributed by atoms with Crippen molar-refractivity contribution in [2.24, 2.45) is 0 Å². The fraction of sp³-hybridized carbons (Fsp3) is 0.769. The molecule has 4 N–H and O–H groups in total. The fourth-order valence-corrected chi connectivity index (χ4v) is 2.46. The van der Waals surface area contributed by atoms with Gasteiger partial charge in [-0.3, -0.25) is 4.79 Å². The Morgan fingerprint density at radius 1 is 1.29 bits per heavy atom. The minimum atomic E-state index is -1.18. The van der Waals surface area contributed by atoms with Crippen molar-refractivity contribution >= 4 is 18.0 Å². The molecule has 0 aromatic heterocycles. The number of hydrogen-bond acceptors (Lipinski definition) is 4. The molecule has 1 fully saturated rings. The Bertz CT molecular complexity index is 387. The van der Waals surface area contributed by atoms with Crippen molar-refractivity contribution in [2.75, 3.05) is 7.11 Å². The molecule has 8 nitrogen and oxygen atoms in total. The molecule has 0 aromatic rings.